The van der Waals surface area contributed by atoms with Crippen molar-refractivity contribution in [2.24, 2.45) is 5.92 Å². The molecule has 0 aliphatic heterocycles. The highest BCUT2D eigenvalue weighted by atomic mass is 35.5. The lowest BCUT2D eigenvalue weighted by Gasteiger charge is -2.28. The molecule has 1 aromatic carbocycles. The molecule has 0 saturated carbocycles. The molecule has 0 heterocycles. The lowest BCUT2D eigenvalue weighted by atomic mass is 10.1. The number of hydrogen-bond acceptors (Lipinski definition) is 2. The predicted molar refractivity (Wildman–Crippen MR) is 76.2 cm³/mol. The summed E-state index contributed by atoms with van der Waals surface area (Å²) in [5, 5.41) is 0.700. The Labute approximate surface area is 110 Å². The van der Waals surface area contributed by atoms with E-state index in [1.165, 1.54) is 0 Å². The Morgan fingerprint density at radius 2 is 1.88 bits per heavy atom. The Morgan fingerprint density at radius 1 is 1.24 bits per heavy atom. The molecular weight excluding hydrogens is 232 g/mol. The molecule has 2 nitrogen and oxygen atoms in total. The molecule has 0 unspecified atom stereocenters. The maximum atomic E-state index is 5.99. The molecule has 0 spiro atoms. The fourth-order valence-corrected chi connectivity index (χ4v) is 2.04. The van der Waals surface area contributed by atoms with Crippen molar-refractivity contribution >= 4 is 17.3 Å². The van der Waals surface area contributed by atoms with Gasteiger partial charge in [0.25, 0.3) is 0 Å². The number of nitrogens with zero attached hydrogens (tertiary/aromatic N) is 1. The molecular formula is C14H23ClN2. The van der Waals surface area contributed by atoms with Crippen LogP contribution in [-0.4, -0.2) is 17.5 Å². The number of hydrogen-bond donors (Lipinski definition) is 1. The van der Waals surface area contributed by atoms with Gasteiger partial charge in [-0.3, -0.25) is 4.90 Å². The van der Waals surface area contributed by atoms with Crippen molar-refractivity contribution < 1.29 is 0 Å². The van der Waals surface area contributed by atoms with Gasteiger partial charge in [-0.15, -0.1) is 0 Å². The smallest absolute Gasteiger partial charge is 0.0426 e. The van der Waals surface area contributed by atoms with E-state index < -0.39 is 0 Å². The van der Waals surface area contributed by atoms with Gasteiger partial charge in [0.1, 0.15) is 0 Å². The van der Waals surface area contributed by atoms with Crippen LogP contribution < -0.4 is 5.73 Å². The molecule has 1 rings (SSSR count). The number of halogens is 1. The normalized spacial score (nSPS) is 11.8. The summed E-state index contributed by atoms with van der Waals surface area (Å²) in [4.78, 5) is 2.43. The van der Waals surface area contributed by atoms with Crippen molar-refractivity contribution in [2.75, 3.05) is 12.3 Å². The minimum atomic E-state index is 0.521. The second-order valence-electron chi connectivity index (χ2n) is 5.26. The molecule has 3 heteroatoms. The average molecular weight is 255 g/mol. The van der Waals surface area contributed by atoms with Crippen LogP contribution in [0.15, 0.2) is 18.2 Å². The summed E-state index contributed by atoms with van der Waals surface area (Å²) >= 11 is 5.91. The Kier molecular flexibility index (Phi) is 5.29. The van der Waals surface area contributed by atoms with Crippen molar-refractivity contribution in [1.82, 2.24) is 4.90 Å². The first-order chi connectivity index (χ1) is 7.90. The van der Waals surface area contributed by atoms with Gasteiger partial charge >= 0.3 is 0 Å². The zero-order valence-electron chi connectivity index (χ0n) is 11.2. The molecule has 0 amide bonds. The van der Waals surface area contributed by atoms with Gasteiger partial charge in [0, 0.05) is 29.8 Å². The first-order valence-corrected chi connectivity index (χ1v) is 6.56. The Morgan fingerprint density at radius 3 is 2.35 bits per heavy atom. The zero-order valence-corrected chi connectivity index (χ0v) is 12.0. The van der Waals surface area contributed by atoms with Crippen LogP contribution >= 0.6 is 11.6 Å². The van der Waals surface area contributed by atoms with E-state index in [0.29, 0.717) is 17.0 Å². The van der Waals surface area contributed by atoms with Crippen LogP contribution in [0.5, 0.6) is 0 Å². The van der Waals surface area contributed by atoms with E-state index in [0.717, 1.165) is 24.3 Å². The van der Waals surface area contributed by atoms with E-state index in [1.807, 2.05) is 18.2 Å². The van der Waals surface area contributed by atoms with Crippen LogP contribution in [0.4, 0.5) is 5.69 Å². The zero-order chi connectivity index (χ0) is 13.0. The SMILES string of the molecule is CC(C)CN(Cc1ccc(Cl)cc1N)C(C)C. The maximum absolute atomic E-state index is 5.99. The van der Waals surface area contributed by atoms with Crippen LogP contribution in [0.3, 0.4) is 0 Å². The molecule has 2 N–H and O–H groups in total. The van der Waals surface area contributed by atoms with Crippen molar-refractivity contribution in [3.8, 4) is 0 Å². The monoisotopic (exact) mass is 254 g/mol. The summed E-state index contributed by atoms with van der Waals surface area (Å²) in [5.41, 5.74) is 7.93. The molecule has 0 aliphatic rings. The average Bonchev–Trinajstić information content (AvgIpc) is 2.19. The summed E-state index contributed by atoms with van der Waals surface area (Å²) in [5.74, 6) is 0.658. The Bertz CT molecular complexity index is 361. The van der Waals surface area contributed by atoms with Crippen LogP contribution in [0.2, 0.25) is 5.02 Å². The molecule has 0 aliphatic carbocycles. The standard InChI is InChI=1S/C14H23ClN2/c1-10(2)8-17(11(3)4)9-12-5-6-13(15)7-14(12)16/h5-7,10-11H,8-9,16H2,1-4H3. The number of nitrogen functional groups attached to an aromatic ring is 1. The summed E-state index contributed by atoms with van der Waals surface area (Å²) in [7, 11) is 0. The van der Waals surface area contributed by atoms with E-state index in [2.05, 4.69) is 32.6 Å². The van der Waals surface area contributed by atoms with Gasteiger partial charge in [-0.1, -0.05) is 31.5 Å². The maximum Gasteiger partial charge on any atom is 0.0426 e. The molecule has 0 fully saturated rings. The fraction of sp³-hybridized carbons (Fsp3) is 0.571. The highest BCUT2D eigenvalue weighted by Gasteiger charge is 2.13. The van der Waals surface area contributed by atoms with Crippen molar-refractivity contribution in [1.29, 1.82) is 0 Å². The van der Waals surface area contributed by atoms with Gasteiger partial charge < -0.3 is 5.73 Å². The summed E-state index contributed by atoms with van der Waals surface area (Å²) in [6.07, 6.45) is 0. The topological polar surface area (TPSA) is 29.3 Å². The third-order valence-electron chi connectivity index (χ3n) is 2.81. The minimum Gasteiger partial charge on any atom is -0.398 e. The first-order valence-electron chi connectivity index (χ1n) is 6.18. The summed E-state index contributed by atoms with van der Waals surface area (Å²) in [6.45, 7) is 10.9. The van der Waals surface area contributed by atoms with Crippen LogP contribution in [0.1, 0.15) is 33.3 Å². The largest absolute Gasteiger partial charge is 0.398 e. The van der Waals surface area contributed by atoms with Crippen LogP contribution in [-0.2, 0) is 6.54 Å². The predicted octanol–water partition coefficient (Wildman–Crippen LogP) is 3.79. The lowest BCUT2D eigenvalue weighted by Crippen LogP contribution is -2.33. The van der Waals surface area contributed by atoms with Gasteiger partial charge in [-0.25, -0.2) is 0 Å². The van der Waals surface area contributed by atoms with E-state index in [4.69, 9.17) is 17.3 Å². The van der Waals surface area contributed by atoms with Gasteiger partial charge in [-0.2, -0.15) is 0 Å². The van der Waals surface area contributed by atoms with Crippen molar-refractivity contribution in [2.45, 2.75) is 40.3 Å². The number of anilines is 1. The molecule has 0 saturated heterocycles. The third-order valence-corrected chi connectivity index (χ3v) is 3.05. The van der Waals surface area contributed by atoms with Crippen molar-refractivity contribution in [3.63, 3.8) is 0 Å². The summed E-state index contributed by atoms with van der Waals surface area (Å²) in [6, 6.07) is 6.27. The quantitative estimate of drug-likeness (QED) is 0.810. The summed E-state index contributed by atoms with van der Waals surface area (Å²) < 4.78 is 0. The lowest BCUT2D eigenvalue weighted by molar-refractivity contribution is 0.189. The van der Waals surface area contributed by atoms with E-state index in [1.54, 1.807) is 0 Å². The highest BCUT2D eigenvalue weighted by Crippen LogP contribution is 2.20. The first kappa shape index (κ1) is 14.3. The van der Waals surface area contributed by atoms with Gasteiger partial charge in [0.05, 0.1) is 0 Å². The van der Waals surface area contributed by atoms with Crippen LogP contribution in [0.25, 0.3) is 0 Å². The van der Waals surface area contributed by atoms with Gasteiger partial charge in [0.15, 0.2) is 0 Å². The minimum absolute atomic E-state index is 0.521. The molecule has 17 heavy (non-hydrogen) atoms. The molecule has 0 atom stereocenters. The van der Waals surface area contributed by atoms with E-state index in [-0.39, 0.29) is 0 Å². The number of rotatable bonds is 5. The van der Waals surface area contributed by atoms with Gasteiger partial charge in [-0.05, 0) is 37.5 Å². The van der Waals surface area contributed by atoms with E-state index in [9.17, 15) is 0 Å². The molecule has 0 aromatic heterocycles. The second-order valence-corrected chi connectivity index (χ2v) is 5.70. The Balaban J connectivity index is 2.78. The van der Waals surface area contributed by atoms with Crippen LogP contribution in [0, 0.1) is 5.92 Å². The molecule has 96 valence electrons. The Hall–Kier alpha value is -0.730. The number of nitrogens with two attached hydrogens (primary N) is 1. The molecule has 0 radical (unpaired) electrons. The third kappa shape index (κ3) is 4.57. The molecule has 0 bridgehead atoms. The fourth-order valence-electron chi connectivity index (χ4n) is 1.86. The van der Waals surface area contributed by atoms with Gasteiger partial charge in [0.2, 0.25) is 0 Å². The van der Waals surface area contributed by atoms with Crippen molar-refractivity contribution in [3.05, 3.63) is 28.8 Å². The second kappa shape index (κ2) is 6.27. The van der Waals surface area contributed by atoms with E-state index >= 15 is 0 Å². The molecule has 1 aromatic rings. The highest BCUT2D eigenvalue weighted by molar-refractivity contribution is 6.30. The number of benzene rings is 1.